The van der Waals surface area contributed by atoms with Crippen molar-refractivity contribution in [2.75, 3.05) is 19.0 Å². The van der Waals surface area contributed by atoms with Crippen LogP contribution in [0.1, 0.15) is 24.8 Å². The van der Waals surface area contributed by atoms with Gasteiger partial charge >= 0.3 is 0 Å². The van der Waals surface area contributed by atoms with E-state index in [1.54, 1.807) is 18.2 Å². The van der Waals surface area contributed by atoms with Crippen LogP contribution in [0.15, 0.2) is 30.9 Å². The van der Waals surface area contributed by atoms with Crippen LogP contribution in [0.3, 0.4) is 0 Å². The van der Waals surface area contributed by atoms with Crippen molar-refractivity contribution in [3.63, 3.8) is 0 Å². The zero-order valence-corrected chi connectivity index (χ0v) is 16.4. The molecule has 160 valence electrons. The summed E-state index contributed by atoms with van der Waals surface area (Å²) in [6, 6.07) is 4.85. The molecule has 11 heteroatoms. The smallest absolute Gasteiger partial charge is 0.167 e. The number of rotatable bonds is 6. The Kier molecular flexibility index (Phi) is 5.43. The molecule has 0 aliphatic carbocycles. The summed E-state index contributed by atoms with van der Waals surface area (Å²) in [5.74, 6) is 0.878. The van der Waals surface area contributed by atoms with Crippen molar-refractivity contribution in [1.82, 2.24) is 19.5 Å². The van der Waals surface area contributed by atoms with Crippen molar-refractivity contribution in [1.29, 1.82) is 0 Å². The largest absolute Gasteiger partial charge is 0.504 e. The molecule has 1 aliphatic rings. The summed E-state index contributed by atoms with van der Waals surface area (Å²) < 4.78 is 12.2. The Morgan fingerprint density at radius 3 is 2.73 bits per heavy atom. The Morgan fingerprint density at radius 1 is 1.23 bits per heavy atom. The summed E-state index contributed by atoms with van der Waals surface area (Å²) in [5.41, 5.74) is 1.71. The molecule has 0 spiro atoms. The first-order chi connectivity index (χ1) is 14.4. The van der Waals surface area contributed by atoms with Crippen LogP contribution in [0.25, 0.3) is 11.2 Å². The maximum absolute atomic E-state index is 10.3. The number of hydrogen-bond donors (Lipinski definition) is 5. The number of benzene rings is 1. The number of imidazole rings is 1. The first kappa shape index (κ1) is 20.3. The van der Waals surface area contributed by atoms with E-state index >= 15 is 0 Å². The van der Waals surface area contributed by atoms with E-state index in [0.29, 0.717) is 22.7 Å². The number of aromatic hydroxyl groups is 1. The average Bonchev–Trinajstić information content (AvgIpc) is 3.30. The van der Waals surface area contributed by atoms with E-state index < -0.39 is 31.1 Å². The normalized spacial score (nSPS) is 24.8. The number of aliphatic hydroxyl groups excluding tert-OH is 3. The first-order valence-corrected chi connectivity index (χ1v) is 9.38. The predicted octanol–water partition coefficient (Wildman–Crippen LogP) is 0.325. The van der Waals surface area contributed by atoms with Gasteiger partial charge < -0.3 is 35.2 Å². The van der Waals surface area contributed by atoms with Crippen LogP contribution in [-0.4, -0.2) is 72.0 Å². The molecule has 0 bridgehead atoms. The van der Waals surface area contributed by atoms with Crippen LogP contribution >= 0.6 is 0 Å². The number of anilines is 1. The zero-order chi connectivity index (χ0) is 21.4. The van der Waals surface area contributed by atoms with Gasteiger partial charge in [0.15, 0.2) is 34.7 Å². The Bertz CT molecular complexity index is 1040. The molecule has 5 atom stereocenters. The number of aliphatic hydroxyl groups is 3. The number of phenols is 1. The maximum atomic E-state index is 10.3. The van der Waals surface area contributed by atoms with Gasteiger partial charge in [-0.3, -0.25) is 4.57 Å². The highest BCUT2D eigenvalue weighted by atomic mass is 16.6. The molecule has 1 fully saturated rings. The first-order valence-electron chi connectivity index (χ1n) is 9.38. The number of methoxy groups -OCH3 is 1. The fourth-order valence-electron chi connectivity index (χ4n) is 3.51. The quantitative estimate of drug-likeness (QED) is 0.379. The predicted molar refractivity (Wildman–Crippen MR) is 105 cm³/mol. The number of hydrogen-bond acceptors (Lipinski definition) is 10. The Labute approximate surface area is 171 Å². The fourth-order valence-corrected chi connectivity index (χ4v) is 3.51. The van der Waals surface area contributed by atoms with Crippen molar-refractivity contribution < 1.29 is 29.9 Å². The van der Waals surface area contributed by atoms with E-state index in [-0.39, 0.29) is 11.8 Å². The molecule has 0 radical (unpaired) electrons. The second-order valence-corrected chi connectivity index (χ2v) is 7.07. The lowest BCUT2D eigenvalue weighted by molar-refractivity contribution is -0.0511. The van der Waals surface area contributed by atoms with Crippen LogP contribution < -0.4 is 10.1 Å². The molecule has 0 amide bonds. The second-order valence-electron chi connectivity index (χ2n) is 7.07. The number of aromatic nitrogens is 4. The molecule has 1 aromatic carbocycles. The van der Waals surface area contributed by atoms with E-state index in [1.165, 1.54) is 24.3 Å². The van der Waals surface area contributed by atoms with Gasteiger partial charge in [-0.2, -0.15) is 0 Å². The van der Waals surface area contributed by atoms with E-state index in [2.05, 4.69) is 20.3 Å². The minimum Gasteiger partial charge on any atom is -0.504 e. The minimum atomic E-state index is -1.24. The van der Waals surface area contributed by atoms with Crippen molar-refractivity contribution in [3.05, 3.63) is 36.4 Å². The van der Waals surface area contributed by atoms with Gasteiger partial charge in [-0.1, -0.05) is 6.07 Å². The molecular weight excluding hydrogens is 394 g/mol. The molecule has 4 rings (SSSR count). The molecule has 0 saturated carbocycles. The lowest BCUT2D eigenvalue weighted by atomic mass is 10.1. The molecule has 1 saturated heterocycles. The lowest BCUT2D eigenvalue weighted by Gasteiger charge is -2.18. The molecule has 1 aliphatic heterocycles. The van der Waals surface area contributed by atoms with Gasteiger partial charge in [-0.15, -0.1) is 0 Å². The summed E-state index contributed by atoms with van der Waals surface area (Å²) in [6.45, 7) is 1.50. The maximum Gasteiger partial charge on any atom is 0.167 e. The van der Waals surface area contributed by atoms with Crippen LogP contribution in [-0.2, 0) is 4.74 Å². The van der Waals surface area contributed by atoms with Gasteiger partial charge in [0, 0.05) is 0 Å². The number of fused-ring (bicyclic) bond motifs is 1. The van der Waals surface area contributed by atoms with Crippen molar-refractivity contribution >= 4 is 17.0 Å². The van der Waals surface area contributed by atoms with Crippen molar-refractivity contribution in [3.8, 4) is 11.5 Å². The number of nitrogens with zero attached hydrogens (tertiary/aromatic N) is 4. The SMILES string of the molecule is COc1cc(C(C)Nc2ncnc3c2ncn3[C@@H]2O[C@H](CO)C(O)C2O)ccc1O. The summed E-state index contributed by atoms with van der Waals surface area (Å²) >= 11 is 0. The van der Waals surface area contributed by atoms with Crippen LogP contribution in [0, 0.1) is 0 Å². The van der Waals surface area contributed by atoms with Gasteiger partial charge in [0.25, 0.3) is 0 Å². The second kappa shape index (κ2) is 8.03. The van der Waals surface area contributed by atoms with Crippen molar-refractivity contribution in [2.24, 2.45) is 0 Å². The number of nitrogens with one attached hydrogen (secondary N) is 1. The van der Waals surface area contributed by atoms with Gasteiger partial charge in [0.1, 0.15) is 24.6 Å². The molecule has 3 heterocycles. The van der Waals surface area contributed by atoms with Crippen LogP contribution in [0.4, 0.5) is 5.82 Å². The Balaban J connectivity index is 1.62. The van der Waals surface area contributed by atoms with Crippen LogP contribution in [0.5, 0.6) is 11.5 Å². The van der Waals surface area contributed by atoms with Gasteiger partial charge in [-0.25, -0.2) is 15.0 Å². The summed E-state index contributed by atoms with van der Waals surface area (Å²) in [5, 5.41) is 42.7. The molecule has 5 N–H and O–H groups in total. The van der Waals surface area contributed by atoms with Crippen LogP contribution in [0.2, 0.25) is 0 Å². The third-order valence-electron chi connectivity index (χ3n) is 5.21. The number of ether oxygens (including phenoxy) is 2. The highest BCUT2D eigenvalue weighted by Crippen LogP contribution is 2.33. The third-order valence-corrected chi connectivity index (χ3v) is 5.21. The van der Waals surface area contributed by atoms with Gasteiger partial charge in [0.05, 0.1) is 26.1 Å². The van der Waals surface area contributed by atoms with E-state index in [1.807, 2.05) is 6.92 Å². The highest BCUT2D eigenvalue weighted by Gasteiger charge is 2.44. The molecular formula is C19H23N5O6. The Hall–Kier alpha value is -2.99. The standard InChI is InChI=1S/C19H23N5O6/c1-9(10-3-4-11(26)12(5-10)29-2)23-17-14-18(21-7-20-17)24(8-22-14)19-16(28)15(27)13(6-25)30-19/h3-5,7-9,13,15-16,19,25-28H,6H2,1-2H3,(H,20,21,23)/t9?,13-,15?,16?,19-/m1/s1. The van der Waals surface area contributed by atoms with E-state index in [4.69, 9.17) is 9.47 Å². The average molecular weight is 417 g/mol. The number of phenolic OH excluding ortho intramolecular Hbond substituents is 1. The van der Waals surface area contributed by atoms with Gasteiger partial charge in [-0.05, 0) is 24.6 Å². The van der Waals surface area contributed by atoms with E-state index in [0.717, 1.165) is 5.56 Å². The zero-order valence-electron chi connectivity index (χ0n) is 16.4. The molecule has 2 aromatic heterocycles. The van der Waals surface area contributed by atoms with Crippen molar-refractivity contribution in [2.45, 2.75) is 37.5 Å². The fraction of sp³-hybridized carbons (Fsp3) is 0.421. The summed E-state index contributed by atoms with van der Waals surface area (Å²) in [6.07, 6.45) is -1.50. The topological polar surface area (TPSA) is 155 Å². The van der Waals surface area contributed by atoms with E-state index in [9.17, 15) is 20.4 Å². The molecule has 3 unspecified atom stereocenters. The minimum absolute atomic E-state index is 0.0510. The monoisotopic (exact) mass is 417 g/mol. The molecule has 11 nitrogen and oxygen atoms in total. The summed E-state index contributed by atoms with van der Waals surface area (Å²) in [7, 11) is 1.48. The third kappa shape index (κ3) is 3.41. The van der Waals surface area contributed by atoms with Gasteiger partial charge in [0.2, 0.25) is 0 Å². The molecule has 30 heavy (non-hydrogen) atoms. The Morgan fingerprint density at radius 2 is 2.03 bits per heavy atom. The highest BCUT2D eigenvalue weighted by molar-refractivity contribution is 5.83. The summed E-state index contributed by atoms with van der Waals surface area (Å²) in [4.78, 5) is 12.8. The lowest BCUT2D eigenvalue weighted by Crippen LogP contribution is -2.33. The molecule has 3 aromatic rings.